The Bertz CT molecular complexity index is 1100. The van der Waals surface area contributed by atoms with Gasteiger partial charge >= 0.3 is 24.3 Å². The maximum Gasteiger partial charge on any atom is 0.490 e. The van der Waals surface area contributed by atoms with Crippen LogP contribution in [0.15, 0.2) is 42.7 Å². The van der Waals surface area contributed by atoms with Crippen LogP contribution in [0.4, 0.5) is 26.3 Å². The van der Waals surface area contributed by atoms with Crippen molar-refractivity contribution in [3.63, 3.8) is 0 Å². The highest BCUT2D eigenvalue weighted by atomic mass is 19.4. The summed E-state index contributed by atoms with van der Waals surface area (Å²) in [6.45, 7) is 4.92. The third kappa shape index (κ3) is 9.24. The van der Waals surface area contributed by atoms with Crippen molar-refractivity contribution in [3.05, 3.63) is 54.1 Å². The molecule has 10 nitrogen and oxygen atoms in total. The first kappa shape index (κ1) is 31.6. The maximum absolute atomic E-state index is 12.4. The number of rotatable bonds is 5. The van der Waals surface area contributed by atoms with Crippen LogP contribution in [0.2, 0.25) is 0 Å². The molecule has 216 valence electrons. The summed E-state index contributed by atoms with van der Waals surface area (Å²) >= 11 is 0. The average molecular weight is 568 g/mol. The molecule has 0 radical (unpaired) electrons. The zero-order valence-corrected chi connectivity index (χ0v) is 20.5. The number of likely N-dealkylation sites (tertiary alicyclic amines) is 1. The van der Waals surface area contributed by atoms with E-state index in [0.29, 0.717) is 24.8 Å². The number of aliphatic carboxylic acids is 2. The number of nitrogens with zero attached hydrogens (tertiary/aromatic N) is 3. The third-order valence-corrected chi connectivity index (χ3v) is 5.97. The minimum atomic E-state index is -5.08. The number of nitrogens with one attached hydrogen (secondary N) is 1. The monoisotopic (exact) mass is 568 g/mol. The van der Waals surface area contributed by atoms with Crippen molar-refractivity contribution in [3.8, 4) is 0 Å². The van der Waals surface area contributed by atoms with Gasteiger partial charge in [-0.3, -0.25) is 14.7 Å². The fourth-order valence-corrected chi connectivity index (χ4v) is 4.08. The maximum atomic E-state index is 12.4. The van der Waals surface area contributed by atoms with Crippen LogP contribution in [-0.4, -0.2) is 87.7 Å². The van der Waals surface area contributed by atoms with Crippen molar-refractivity contribution in [2.24, 2.45) is 18.4 Å². The Morgan fingerprint density at radius 2 is 1.69 bits per heavy atom. The summed E-state index contributed by atoms with van der Waals surface area (Å²) in [5.41, 5.74) is 1.79. The molecule has 2 aliphatic rings. The number of carbonyl (C=O) groups is 3. The van der Waals surface area contributed by atoms with Crippen molar-refractivity contribution in [2.75, 3.05) is 32.8 Å². The molecule has 4 heterocycles. The predicted molar refractivity (Wildman–Crippen MR) is 121 cm³/mol. The van der Waals surface area contributed by atoms with Gasteiger partial charge in [-0.15, -0.1) is 0 Å². The molecule has 2 fully saturated rings. The molecule has 4 rings (SSSR count). The van der Waals surface area contributed by atoms with Crippen molar-refractivity contribution < 1.29 is 55.7 Å². The summed E-state index contributed by atoms with van der Waals surface area (Å²) in [4.78, 5) is 37.1. The lowest BCUT2D eigenvalue weighted by Crippen LogP contribution is -2.43. The number of fused-ring (bicyclic) bond motifs is 1. The molecule has 0 unspecified atom stereocenters. The Morgan fingerprint density at radius 1 is 1.08 bits per heavy atom. The molecule has 2 atom stereocenters. The molecule has 2 aliphatic heterocycles. The third-order valence-electron chi connectivity index (χ3n) is 5.97. The minimum Gasteiger partial charge on any atom is -0.475 e. The first-order valence-electron chi connectivity index (χ1n) is 11.2. The minimum absolute atomic E-state index is 0.00953. The van der Waals surface area contributed by atoms with Crippen LogP contribution in [0.1, 0.15) is 16.2 Å². The number of alkyl halides is 6. The lowest BCUT2D eigenvalue weighted by atomic mass is 9.81. The predicted octanol–water partition coefficient (Wildman–Crippen LogP) is 2.57. The lowest BCUT2D eigenvalue weighted by molar-refractivity contribution is -0.193. The van der Waals surface area contributed by atoms with Gasteiger partial charge in [0.2, 0.25) is 0 Å². The van der Waals surface area contributed by atoms with Crippen LogP contribution >= 0.6 is 0 Å². The van der Waals surface area contributed by atoms with Crippen LogP contribution in [0.25, 0.3) is 0 Å². The number of hydrogen-bond acceptors (Lipinski definition) is 6. The molecule has 2 aromatic heterocycles. The fraction of sp³-hybridized carbons (Fsp3) is 0.478. The van der Waals surface area contributed by atoms with Crippen LogP contribution in [0, 0.1) is 11.3 Å². The average Bonchev–Trinajstić information content (AvgIpc) is 3.52. The Kier molecular flexibility index (Phi) is 10.5. The molecule has 1 amide bonds. The number of amides is 1. The Morgan fingerprint density at radius 3 is 2.18 bits per heavy atom. The van der Waals surface area contributed by atoms with Gasteiger partial charge in [0, 0.05) is 57.0 Å². The zero-order chi connectivity index (χ0) is 29.4. The molecule has 0 spiro atoms. The molecule has 2 aromatic rings. The fourth-order valence-electron chi connectivity index (χ4n) is 4.08. The second-order valence-corrected chi connectivity index (χ2v) is 8.86. The number of carbonyl (C=O) groups excluding carboxylic acids is 1. The van der Waals surface area contributed by atoms with Gasteiger partial charge in [-0.05, 0) is 24.3 Å². The van der Waals surface area contributed by atoms with E-state index >= 15 is 0 Å². The number of halogens is 6. The van der Waals surface area contributed by atoms with Gasteiger partial charge in [-0.1, -0.05) is 6.07 Å². The van der Waals surface area contributed by atoms with E-state index in [1.165, 1.54) is 0 Å². The largest absolute Gasteiger partial charge is 0.490 e. The van der Waals surface area contributed by atoms with Crippen molar-refractivity contribution in [2.45, 2.75) is 18.9 Å². The smallest absolute Gasteiger partial charge is 0.475 e. The van der Waals surface area contributed by atoms with Crippen molar-refractivity contribution in [1.29, 1.82) is 0 Å². The summed E-state index contributed by atoms with van der Waals surface area (Å²) in [7, 11) is 1.89. The molecule has 3 N–H and O–H groups in total. The molecule has 0 bridgehead atoms. The Labute approximate surface area is 218 Å². The summed E-state index contributed by atoms with van der Waals surface area (Å²) in [5, 5.41) is 17.4. The molecule has 0 aromatic carbocycles. The molecule has 39 heavy (non-hydrogen) atoms. The number of aryl methyl sites for hydroxylation is 1. The number of hydrogen-bond donors (Lipinski definition) is 3. The zero-order valence-electron chi connectivity index (χ0n) is 20.5. The first-order chi connectivity index (χ1) is 18.0. The highest BCUT2D eigenvalue weighted by Gasteiger charge is 2.50. The van der Waals surface area contributed by atoms with Gasteiger partial charge < -0.3 is 24.8 Å². The number of carboxylic acid groups (broad SMARTS) is 2. The van der Waals surface area contributed by atoms with Gasteiger partial charge in [0.1, 0.15) is 5.69 Å². The highest BCUT2D eigenvalue weighted by Crippen LogP contribution is 2.41. The second-order valence-electron chi connectivity index (χ2n) is 8.86. The highest BCUT2D eigenvalue weighted by molar-refractivity contribution is 5.92. The second kappa shape index (κ2) is 12.9. The number of ether oxygens (including phenoxy) is 1. The van der Waals surface area contributed by atoms with Crippen LogP contribution in [-0.2, 0) is 27.9 Å². The van der Waals surface area contributed by atoms with Crippen molar-refractivity contribution in [1.82, 2.24) is 19.8 Å². The number of pyridine rings is 1. The Hall–Kier alpha value is -3.66. The van der Waals surface area contributed by atoms with Gasteiger partial charge in [-0.2, -0.15) is 26.3 Å². The molecule has 0 aliphatic carbocycles. The van der Waals surface area contributed by atoms with Crippen LogP contribution in [0.3, 0.4) is 0 Å². The van der Waals surface area contributed by atoms with E-state index in [0.717, 1.165) is 31.9 Å². The van der Waals surface area contributed by atoms with E-state index in [9.17, 15) is 31.1 Å². The van der Waals surface area contributed by atoms with Gasteiger partial charge in [0.05, 0.1) is 18.9 Å². The summed E-state index contributed by atoms with van der Waals surface area (Å²) < 4.78 is 71.1. The summed E-state index contributed by atoms with van der Waals surface area (Å²) in [6, 6.07) is 9.76. The number of carboxylic acids is 2. The Balaban J connectivity index is 0.000000317. The standard InChI is InChI=1S/C19H24N4O2.2C2HF3O2/c1-22-8-4-6-17(22)18(24)21-12-19-13-23(9-15(19)11-25-14-19)10-16-5-2-3-7-20-16;2*3-2(4,5)1(6)7/h2-8,15H,9-14H2,1H3,(H,21,24);2*(H,6,7)/t15-,19+;;/m1../s1. The molecule has 16 heteroatoms. The van der Waals surface area contributed by atoms with E-state index in [4.69, 9.17) is 24.5 Å². The van der Waals surface area contributed by atoms with E-state index in [1.807, 2.05) is 48.3 Å². The van der Waals surface area contributed by atoms with Gasteiger partial charge in [0.15, 0.2) is 0 Å². The summed E-state index contributed by atoms with van der Waals surface area (Å²) in [5.74, 6) is -5.07. The van der Waals surface area contributed by atoms with Crippen LogP contribution in [0.5, 0.6) is 0 Å². The molecule has 0 saturated carbocycles. The van der Waals surface area contributed by atoms with E-state index in [1.54, 1.807) is 0 Å². The molecular weight excluding hydrogens is 542 g/mol. The lowest BCUT2D eigenvalue weighted by Gasteiger charge is -2.27. The molecule has 2 saturated heterocycles. The topological polar surface area (TPSA) is 134 Å². The quantitative estimate of drug-likeness (QED) is 0.469. The van der Waals surface area contributed by atoms with Gasteiger partial charge in [0.25, 0.3) is 5.91 Å². The summed E-state index contributed by atoms with van der Waals surface area (Å²) in [6.07, 6.45) is -6.44. The van der Waals surface area contributed by atoms with E-state index in [-0.39, 0.29) is 11.3 Å². The van der Waals surface area contributed by atoms with E-state index < -0.39 is 24.3 Å². The van der Waals surface area contributed by atoms with Gasteiger partial charge in [-0.25, -0.2) is 9.59 Å². The van der Waals surface area contributed by atoms with Crippen LogP contribution < -0.4 is 5.32 Å². The first-order valence-corrected chi connectivity index (χ1v) is 11.2. The molecular formula is C23H26F6N4O6. The number of aromatic nitrogens is 2. The normalized spacial score (nSPS) is 20.6. The SMILES string of the molecule is Cn1cccc1C(=O)NC[C@]12COC[C@H]1CN(Cc1ccccn1)C2.O=C(O)C(F)(F)F.O=C(O)C(F)(F)F. The van der Waals surface area contributed by atoms with E-state index in [2.05, 4.69) is 21.3 Å². The van der Waals surface area contributed by atoms with Crippen molar-refractivity contribution >= 4 is 17.8 Å².